The minimum Gasteiger partial charge on any atom is -0.334 e. The van der Waals surface area contributed by atoms with E-state index in [9.17, 15) is 4.79 Å². The molecule has 0 spiro atoms. The van der Waals surface area contributed by atoms with Gasteiger partial charge in [-0.15, -0.1) is 11.3 Å². The molecule has 1 aliphatic rings. The number of carbonyl (C=O) groups excluding carboxylic acids is 1. The van der Waals surface area contributed by atoms with Crippen molar-refractivity contribution in [2.24, 2.45) is 0 Å². The predicted molar refractivity (Wildman–Crippen MR) is 114 cm³/mol. The molecule has 0 unspecified atom stereocenters. The summed E-state index contributed by atoms with van der Waals surface area (Å²) >= 11 is 1.84. The molecule has 0 aliphatic carbocycles. The lowest BCUT2D eigenvalue weighted by molar-refractivity contribution is 0.240. The van der Waals surface area contributed by atoms with Gasteiger partial charge in [-0.1, -0.05) is 29.8 Å². The molecule has 0 bridgehead atoms. The molecule has 0 radical (unpaired) electrons. The molecule has 146 valence electrons. The van der Waals surface area contributed by atoms with E-state index in [4.69, 9.17) is 0 Å². The zero-order valence-corrected chi connectivity index (χ0v) is 17.2. The van der Waals surface area contributed by atoms with Crippen molar-refractivity contribution in [2.75, 3.05) is 13.6 Å². The number of nitrogens with zero attached hydrogens (tertiary/aromatic N) is 2. The number of fused-ring (bicyclic) bond motifs is 1. The number of aryl methyl sites for hydroxylation is 1. The molecule has 3 aromatic rings. The lowest BCUT2D eigenvalue weighted by Crippen LogP contribution is -2.35. The van der Waals surface area contributed by atoms with Gasteiger partial charge in [-0.25, -0.2) is 4.79 Å². The molecule has 6 heteroatoms. The normalized spacial score (nSPS) is 13.9. The van der Waals surface area contributed by atoms with Gasteiger partial charge in [-0.3, -0.25) is 0 Å². The van der Waals surface area contributed by atoms with E-state index in [-0.39, 0.29) is 6.03 Å². The summed E-state index contributed by atoms with van der Waals surface area (Å²) in [6, 6.07) is 12.2. The molecule has 0 saturated heterocycles. The second-order valence-corrected chi connectivity index (χ2v) is 8.47. The van der Waals surface area contributed by atoms with Crippen molar-refractivity contribution in [2.45, 2.75) is 33.0 Å². The number of nitrogens with one attached hydrogen (secondary N) is 2. The number of benzene rings is 1. The number of urea groups is 1. The van der Waals surface area contributed by atoms with Crippen molar-refractivity contribution >= 4 is 17.4 Å². The standard InChI is InChI=1S/C22H26N4OS/c1-16-5-7-17(8-6-16)13-23-22(27)24-14-19-18-9-12-25(2)15-20(18)28-21(19)26-10-3-4-11-26/h3-8,10-11H,9,12-15H2,1-2H3,(H2,23,24,27). The minimum absolute atomic E-state index is 0.132. The molecule has 1 aromatic carbocycles. The first-order valence-corrected chi connectivity index (χ1v) is 10.4. The number of hydrogen-bond acceptors (Lipinski definition) is 3. The molecular weight excluding hydrogens is 368 g/mol. The molecule has 3 heterocycles. The topological polar surface area (TPSA) is 49.3 Å². The second kappa shape index (κ2) is 8.20. The van der Waals surface area contributed by atoms with E-state index < -0.39 is 0 Å². The van der Waals surface area contributed by atoms with Crippen LogP contribution >= 0.6 is 11.3 Å². The molecule has 4 rings (SSSR count). The highest BCUT2D eigenvalue weighted by Gasteiger charge is 2.23. The van der Waals surface area contributed by atoms with Crippen LogP contribution in [0.3, 0.4) is 0 Å². The molecule has 28 heavy (non-hydrogen) atoms. The van der Waals surface area contributed by atoms with E-state index in [1.807, 2.05) is 35.6 Å². The Balaban J connectivity index is 1.45. The zero-order chi connectivity index (χ0) is 19.5. The Morgan fingerprint density at radius 2 is 1.82 bits per heavy atom. The molecule has 5 nitrogen and oxygen atoms in total. The molecule has 2 N–H and O–H groups in total. The number of likely N-dealkylation sites (N-methyl/N-ethyl adjacent to an activating group) is 1. The molecule has 0 saturated carbocycles. The molecule has 2 aromatic heterocycles. The predicted octanol–water partition coefficient (Wildman–Crippen LogP) is 3.83. The Morgan fingerprint density at radius 1 is 1.11 bits per heavy atom. The number of aromatic nitrogens is 1. The molecular formula is C22H26N4OS. The van der Waals surface area contributed by atoms with Crippen molar-refractivity contribution < 1.29 is 4.79 Å². The van der Waals surface area contributed by atoms with Crippen LogP contribution in [-0.2, 0) is 26.1 Å². The highest BCUT2D eigenvalue weighted by atomic mass is 32.1. The van der Waals surface area contributed by atoms with E-state index in [1.165, 1.54) is 26.6 Å². The van der Waals surface area contributed by atoms with Crippen LogP contribution in [0.1, 0.15) is 27.1 Å². The van der Waals surface area contributed by atoms with E-state index in [0.29, 0.717) is 13.1 Å². The maximum absolute atomic E-state index is 12.4. The first-order chi connectivity index (χ1) is 13.6. The van der Waals surface area contributed by atoms with Crippen molar-refractivity contribution in [3.63, 3.8) is 0 Å². The lowest BCUT2D eigenvalue weighted by Gasteiger charge is -2.22. The van der Waals surface area contributed by atoms with Gasteiger partial charge >= 0.3 is 6.03 Å². The smallest absolute Gasteiger partial charge is 0.315 e. The van der Waals surface area contributed by atoms with E-state index >= 15 is 0 Å². The Hall–Kier alpha value is -2.57. The van der Waals surface area contributed by atoms with E-state index in [1.54, 1.807) is 0 Å². The first kappa shape index (κ1) is 18.8. The Kier molecular flexibility index (Phi) is 5.50. The second-order valence-electron chi connectivity index (χ2n) is 7.39. The summed E-state index contributed by atoms with van der Waals surface area (Å²) < 4.78 is 2.16. The highest BCUT2D eigenvalue weighted by Crippen LogP contribution is 2.35. The number of rotatable bonds is 5. The van der Waals surface area contributed by atoms with Crippen LogP contribution < -0.4 is 10.6 Å². The number of hydrogen-bond donors (Lipinski definition) is 2. The average molecular weight is 395 g/mol. The van der Waals surface area contributed by atoms with Crippen molar-refractivity contribution in [1.82, 2.24) is 20.1 Å². The van der Waals surface area contributed by atoms with E-state index in [2.05, 4.69) is 58.6 Å². The van der Waals surface area contributed by atoms with Crippen LogP contribution in [0.25, 0.3) is 5.00 Å². The van der Waals surface area contributed by atoms with Crippen LogP contribution in [0.5, 0.6) is 0 Å². The fraction of sp³-hybridized carbons (Fsp3) is 0.318. The number of amides is 2. The van der Waals surface area contributed by atoms with Crippen molar-refractivity contribution in [1.29, 1.82) is 0 Å². The van der Waals surface area contributed by atoms with Gasteiger partial charge in [0.1, 0.15) is 5.00 Å². The summed E-state index contributed by atoms with van der Waals surface area (Å²) in [5, 5.41) is 7.23. The van der Waals surface area contributed by atoms with Gasteiger partial charge in [0.25, 0.3) is 0 Å². The van der Waals surface area contributed by atoms with E-state index in [0.717, 1.165) is 25.1 Å². The fourth-order valence-electron chi connectivity index (χ4n) is 3.56. The average Bonchev–Trinajstić information content (AvgIpc) is 3.33. The molecule has 2 amide bonds. The van der Waals surface area contributed by atoms with Crippen LogP contribution in [0, 0.1) is 6.92 Å². The monoisotopic (exact) mass is 394 g/mol. The van der Waals surface area contributed by atoms with Gasteiger partial charge in [0.2, 0.25) is 0 Å². The largest absolute Gasteiger partial charge is 0.334 e. The highest BCUT2D eigenvalue weighted by molar-refractivity contribution is 7.14. The quantitative estimate of drug-likeness (QED) is 0.691. The summed E-state index contributed by atoms with van der Waals surface area (Å²) in [5.41, 5.74) is 4.98. The summed E-state index contributed by atoms with van der Waals surface area (Å²) in [7, 11) is 2.16. The van der Waals surface area contributed by atoms with Crippen LogP contribution in [0.2, 0.25) is 0 Å². The van der Waals surface area contributed by atoms with Gasteiger partial charge < -0.3 is 20.1 Å². The Bertz CT molecular complexity index is 944. The van der Waals surface area contributed by atoms with Gasteiger partial charge in [-0.2, -0.15) is 0 Å². The number of thiophene rings is 1. The Morgan fingerprint density at radius 3 is 2.57 bits per heavy atom. The maximum Gasteiger partial charge on any atom is 0.315 e. The van der Waals surface area contributed by atoms with Crippen molar-refractivity contribution in [3.8, 4) is 5.00 Å². The fourth-order valence-corrected chi connectivity index (χ4v) is 4.97. The Labute approximate surface area is 170 Å². The van der Waals surface area contributed by atoms with Gasteiger partial charge in [-0.05, 0) is 43.7 Å². The summed E-state index contributed by atoms with van der Waals surface area (Å²) in [6.45, 7) is 5.17. The summed E-state index contributed by atoms with van der Waals surface area (Å²) in [4.78, 5) is 16.1. The molecule has 1 aliphatic heterocycles. The van der Waals surface area contributed by atoms with Gasteiger partial charge in [0.15, 0.2) is 0 Å². The van der Waals surface area contributed by atoms with Crippen LogP contribution in [-0.4, -0.2) is 29.1 Å². The minimum atomic E-state index is -0.132. The molecule has 0 fully saturated rings. The third-order valence-electron chi connectivity index (χ3n) is 5.17. The van der Waals surface area contributed by atoms with Gasteiger partial charge in [0.05, 0.1) is 0 Å². The van der Waals surface area contributed by atoms with Crippen LogP contribution in [0.15, 0.2) is 48.8 Å². The molecule has 0 atom stereocenters. The van der Waals surface area contributed by atoms with Crippen molar-refractivity contribution in [3.05, 3.63) is 75.9 Å². The summed E-state index contributed by atoms with van der Waals surface area (Å²) in [6.07, 6.45) is 5.18. The lowest BCUT2D eigenvalue weighted by atomic mass is 10.0. The number of carbonyl (C=O) groups is 1. The van der Waals surface area contributed by atoms with Crippen LogP contribution in [0.4, 0.5) is 4.79 Å². The third-order valence-corrected chi connectivity index (χ3v) is 6.45. The zero-order valence-electron chi connectivity index (χ0n) is 16.4. The summed E-state index contributed by atoms with van der Waals surface area (Å²) in [5.74, 6) is 0. The maximum atomic E-state index is 12.4. The third kappa shape index (κ3) is 4.13. The first-order valence-electron chi connectivity index (χ1n) is 9.62. The SMILES string of the molecule is Cc1ccc(CNC(=O)NCc2c(-n3cccc3)sc3c2CCN(C)C3)cc1. The van der Waals surface area contributed by atoms with Gasteiger partial charge in [0, 0.05) is 49.0 Å².